The number of hydrogen-bond acceptors (Lipinski definition) is 4. The first kappa shape index (κ1) is 14.5. The van der Waals surface area contributed by atoms with Gasteiger partial charge in [-0.25, -0.2) is 4.98 Å². The molecular formula is C15H18N4O3. The summed E-state index contributed by atoms with van der Waals surface area (Å²) in [5.74, 6) is -0.0466. The Morgan fingerprint density at radius 1 is 1.36 bits per heavy atom. The van der Waals surface area contributed by atoms with Gasteiger partial charge in [-0.3, -0.25) is 20.4 Å². The van der Waals surface area contributed by atoms with E-state index in [0.29, 0.717) is 25.5 Å². The molecule has 1 aromatic carbocycles. The number of para-hydroxylation sites is 2. The summed E-state index contributed by atoms with van der Waals surface area (Å²) in [4.78, 5) is 28.2. The van der Waals surface area contributed by atoms with Crippen LogP contribution in [0.5, 0.6) is 0 Å². The maximum Gasteiger partial charge on any atom is 0.245 e. The van der Waals surface area contributed by atoms with Crippen molar-refractivity contribution in [1.29, 1.82) is 0 Å². The monoisotopic (exact) mass is 302 g/mol. The second-order valence-corrected chi connectivity index (χ2v) is 5.35. The highest BCUT2D eigenvalue weighted by atomic mass is 16.5. The van der Waals surface area contributed by atoms with Crippen LogP contribution in [0.15, 0.2) is 24.3 Å². The van der Waals surface area contributed by atoms with E-state index in [1.807, 2.05) is 35.9 Å². The number of aryl methyl sites for hydroxylation is 1. The minimum absolute atomic E-state index is 0.104. The first-order valence-corrected chi connectivity index (χ1v) is 7.22. The fourth-order valence-corrected chi connectivity index (χ4v) is 2.52. The number of hydrogen-bond donors (Lipinski definition) is 2. The summed E-state index contributed by atoms with van der Waals surface area (Å²) in [6, 6.07) is 7.69. The highest BCUT2D eigenvalue weighted by Gasteiger charge is 2.23. The van der Waals surface area contributed by atoms with E-state index in [-0.39, 0.29) is 24.2 Å². The molecule has 0 saturated carbocycles. The molecule has 1 aliphatic rings. The van der Waals surface area contributed by atoms with Crippen LogP contribution in [0.4, 0.5) is 0 Å². The Hall–Kier alpha value is -2.41. The lowest BCUT2D eigenvalue weighted by Gasteiger charge is -2.10. The van der Waals surface area contributed by atoms with Gasteiger partial charge in [0.05, 0.1) is 30.0 Å². The third-order valence-electron chi connectivity index (χ3n) is 3.82. The van der Waals surface area contributed by atoms with Gasteiger partial charge < -0.3 is 9.30 Å². The number of nitrogens with one attached hydrogen (secondary N) is 2. The van der Waals surface area contributed by atoms with Gasteiger partial charge in [0, 0.05) is 13.7 Å². The van der Waals surface area contributed by atoms with Gasteiger partial charge in [-0.1, -0.05) is 12.1 Å². The number of fused-ring (bicyclic) bond motifs is 1. The Kier molecular flexibility index (Phi) is 4.06. The van der Waals surface area contributed by atoms with Crippen LogP contribution in [-0.2, 0) is 27.8 Å². The van der Waals surface area contributed by atoms with E-state index in [4.69, 9.17) is 4.74 Å². The number of nitrogens with zero attached hydrogens (tertiary/aromatic N) is 2. The summed E-state index contributed by atoms with van der Waals surface area (Å²) in [5.41, 5.74) is 6.69. The number of hydrazine groups is 1. The minimum atomic E-state index is -0.300. The predicted molar refractivity (Wildman–Crippen MR) is 79.6 cm³/mol. The zero-order valence-electron chi connectivity index (χ0n) is 12.3. The molecule has 0 spiro atoms. The van der Waals surface area contributed by atoms with Crippen LogP contribution in [-0.4, -0.2) is 34.6 Å². The lowest BCUT2D eigenvalue weighted by atomic mass is 10.1. The average molecular weight is 302 g/mol. The van der Waals surface area contributed by atoms with E-state index in [1.54, 1.807) is 0 Å². The molecule has 1 aliphatic heterocycles. The molecule has 2 aromatic rings. The third kappa shape index (κ3) is 2.94. The third-order valence-corrected chi connectivity index (χ3v) is 3.82. The molecule has 7 heteroatoms. The number of aromatic nitrogens is 2. The number of imidazole rings is 1. The number of carbonyl (C=O) groups is 2. The van der Waals surface area contributed by atoms with Crippen molar-refractivity contribution in [3.8, 4) is 0 Å². The lowest BCUT2D eigenvalue weighted by Crippen LogP contribution is -2.45. The predicted octanol–water partition coefficient (Wildman–Crippen LogP) is 0.300. The van der Waals surface area contributed by atoms with E-state index in [0.717, 1.165) is 11.0 Å². The fraction of sp³-hybridized carbons (Fsp3) is 0.400. The van der Waals surface area contributed by atoms with Crippen molar-refractivity contribution in [1.82, 2.24) is 20.4 Å². The SMILES string of the molecule is Cn1c(CC(=O)NNC(=O)[C@@H]2CCOC2)nc2ccccc21. The summed E-state index contributed by atoms with van der Waals surface area (Å²) in [5, 5.41) is 0. The van der Waals surface area contributed by atoms with Crippen LogP contribution in [0.3, 0.4) is 0 Å². The molecule has 1 saturated heterocycles. The van der Waals surface area contributed by atoms with Crippen molar-refractivity contribution in [2.45, 2.75) is 12.8 Å². The molecule has 1 aromatic heterocycles. The average Bonchev–Trinajstić information content (AvgIpc) is 3.15. The second kappa shape index (κ2) is 6.15. The van der Waals surface area contributed by atoms with Crippen LogP contribution >= 0.6 is 0 Å². The Labute approximate surface area is 127 Å². The normalized spacial score (nSPS) is 17.6. The quantitative estimate of drug-likeness (QED) is 0.799. The van der Waals surface area contributed by atoms with Crippen molar-refractivity contribution in [2.24, 2.45) is 13.0 Å². The number of amides is 2. The number of rotatable bonds is 3. The zero-order chi connectivity index (χ0) is 15.5. The molecule has 3 rings (SSSR count). The molecule has 116 valence electrons. The largest absolute Gasteiger partial charge is 0.381 e. The summed E-state index contributed by atoms with van der Waals surface area (Å²) >= 11 is 0. The molecule has 22 heavy (non-hydrogen) atoms. The van der Waals surface area contributed by atoms with Crippen molar-refractivity contribution in [2.75, 3.05) is 13.2 Å². The number of benzene rings is 1. The summed E-state index contributed by atoms with van der Waals surface area (Å²) < 4.78 is 7.02. The molecule has 1 fully saturated rings. The molecule has 0 bridgehead atoms. The molecule has 7 nitrogen and oxygen atoms in total. The van der Waals surface area contributed by atoms with E-state index in [2.05, 4.69) is 15.8 Å². The van der Waals surface area contributed by atoms with Crippen molar-refractivity contribution < 1.29 is 14.3 Å². The standard InChI is InChI=1S/C15H18N4O3/c1-19-12-5-3-2-4-11(12)16-13(19)8-14(20)17-18-15(21)10-6-7-22-9-10/h2-5,10H,6-9H2,1H3,(H,17,20)(H,18,21)/t10-/m1/s1. The summed E-state index contributed by atoms with van der Waals surface area (Å²) in [6.45, 7) is 0.998. The molecule has 1 atom stereocenters. The van der Waals surface area contributed by atoms with Gasteiger partial charge in [0.25, 0.3) is 0 Å². The molecular weight excluding hydrogens is 284 g/mol. The maximum absolute atomic E-state index is 12.0. The topological polar surface area (TPSA) is 85.2 Å². The van der Waals surface area contributed by atoms with Gasteiger partial charge in [-0.2, -0.15) is 0 Å². The van der Waals surface area contributed by atoms with Crippen molar-refractivity contribution in [3.05, 3.63) is 30.1 Å². The summed E-state index contributed by atoms with van der Waals surface area (Å²) in [7, 11) is 1.87. The highest BCUT2D eigenvalue weighted by molar-refractivity contribution is 5.85. The minimum Gasteiger partial charge on any atom is -0.381 e. The number of ether oxygens (including phenoxy) is 1. The van der Waals surface area contributed by atoms with Crippen LogP contribution < -0.4 is 10.9 Å². The Bertz CT molecular complexity index is 704. The van der Waals surface area contributed by atoms with Gasteiger partial charge in [-0.05, 0) is 18.6 Å². The van der Waals surface area contributed by atoms with Crippen molar-refractivity contribution >= 4 is 22.8 Å². The highest BCUT2D eigenvalue weighted by Crippen LogP contribution is 2.14. The van der Waals surface area contributed by atoms with Crippen LogP contribution in [0.25, 0.3) is 11.0 Å². The molecule has 0 aliphatic carbocycles. The molecule has 2 amide bonds. The number of carbonyl (C=O) groups excluding carboxylic acids is 2. The van der Waals surface area contributed by atoms with Crippen LogP contribution in [0.1, 0.15) is 12.2 Å². The van der Waals surface area contributed by atoms with E-state index in [1.165, 1.54) is 0 Å². The van der Waals surface area contributed by atoms with Gasteiger partial charge >= 0.3 is 0 Å². The molecule has 2 N–H and O–H groups in total. The van der Waals surface area contributed by atoms with Gasteiger partial charge in [0.1, 0.15) is 5.82 Å². The summed E-state index contributed by atoms with van der Waals surface area (Å²) in [6.07, 6.45) is 0.791. The van der Waals surface area contributed by atoms with E-state index < -0.39 is 0 Å². The van der Waals surface area contributed by atoms with Gasteiger partial charge in [-0.15, -0.1) is 0 Å². The Balaban J connectivity index is 1.58. The maximum atomic E-state index is 12.0. The molecule has 2 heterocycles. The van der Waals surface area contributed by atoms with Gasteiger partial charge in [0.15, 0.2) is 0 Å². The first-order valence-electron chi connectivity index (χ1n) is 7.22. The fourth-order valence-electron chi connectivity index (χ4n) is 2.52. The first-order chi connectivity index (χ1) is 10.6. The van der Waals surface area contributed by atoms with E-state index >= 15 is 0 Å². The Morgan fingerprint density at radius 2 is 2.18 bits per heavy atom. The molecule has 0 unspecified atom stereocenters. The van der Waals surface area contributed by atoms with Crippen LogP contribution in [0.2, 0.25) is 0 Å². The smallest absolute Gasteiger partial charge is 0.245 e. The molecule has 0 radical (unpaired) electrons. The van der Waals surface area contributed by atoms with Crippen molar-refractivity contribution in [3.63, 3.8) is 0 Å². The van der Waals surface area contributed by atoms with Crippen LogP contribution in [0, 0.1) is 5.92 Å². The zero-order valence-corrected chi connectivity index (χ0v) is 12.3. The van der Waals surface area contributed by atoms with E-state index in [9.17, 15) is 9.59 Å². The van der Waals surface area contributed by atoms with Gasteiger partial charge in [0.2, 0.25) is 11.8 Å². The second-order valence-electron chi connectivity index (χ2n) is 5.35. The lowest BCUT2D eigenvalue weighted by molar-refractivity contribution is -0.131. The Morgan fingerprint density at radius 3 is 2.91 bits per heavy atom.